The number of hydrogen-bond donors (Lipinski definition) is 1. The van der Waals surface area contributed by atoms with Crippen molar-refractivity contribution in [2.24, 2.45) is 5.41 Å². The van der Waals surface area contributed by atoms with Crippen LogP contribution in [0.4, 0.5) is 0 Å². The highest BCUT2D eigenvalue weighted by molar-refractivity contribution is 5.38. The second-order valence-electron chi connectivity index (χ2n) is 6.29. The third-order valence-electron chi connectivity index (χ3n) is 4.61. The van der Waals surface area contributed by atoms with Crippen molar-refractivity contribution in [3.05, 3.63) is 34.4 Å². The van der Waals surface area contributed by atoms with Gasteiger partial charge in [0.25, 0.3) is 0 Å². The summed E-state index contributed by atoms with van der Waals surface area (Å²) in [5.41, 5.74) is 6.46. The first-order valence-corrected chi connectivity index (χ1v) is 7.28. The number of nitrogens with one attached hydrogen (secondary N) is 1. The molecule has 1 aromatic rings. The summed E-state index contributed by atoms with van der Waals surface area (Å²) < 4.78 is 0. The van der Waals surface area contributed by atoms with E-state index in [1.165, 1.54) is 55.3 Å². The van der Waals surface area contributed by atoms with Gasteiger partial charge < -0.3 is 5.32 Å². The van der Waals surface area contributed by atoms with Crippen LogP contribution < -0.4 is 5.32 Å². The molecule has 0 aromatic heterocycles. The van der Waals surface area contributed by atoms with Crippen LogP contribution in [0.3, 0.4) is 0 Å². The van der Waals surface area contributed by atoms with Crippen LogP contribution in [0, 0.1) is 26.2 Å². The first-order chi connectivity index (χ1) is 8.56. The number of benzene rings is 1. The number of hydrogen-bond acceptors (Lipinski definition) is 1. The van der Waals surface area contributed by atoms with Gasteiger partial charge in [0.1, 0.15) is 0 Å². The molecule has 0 radical (unpaired) electrons. The zero-order valence-electron chi connectivity index (χ0n) is 12.4. The van der Waals surface area contributed by atoms with Gasteiger partial charge in [-0.2, -0.15) is 0 Å². The molecule has 1 aliphatic rings. The molecule has 0 bridgehead atoms. The maximum Gasteiger partial charge on any atom is 0.000800 e. The summed E-state index contributed by atoms with van der Waals surface area (Å²) in [6.07, 6.45) is 6.85. The van der Waals surface area contributed by atoms with E-state index in [0.717, 1.165) is 0 Å². The Balaban J connectivity index is 2.27. The molecule has 1 N–H and O–H groups in total. The quantitative estimate of drug-likeness (QED) is 0.847. The summed E-state index contributed by atoms with van der Waals surface area (Å²) >= 11 is 0. The van der Waals surface area contributed by atoms with Crippen LogP contribution >= 0.6 is 0 Å². The Bertz CT molecular complexity index is 391. The Kier molecular flexibility index (Phi) is 4.11. The highest BCUT2D eigenvalue weighted by Gasteiger charge is 2.33. The van der Waals surface area contributed by atoms with Gasteiger partial charge in [0.15, 0.2) is 0 Å². The first kappa shape index (κ1) is 13.6. The van der Waals surface area contributed by atoms with Crippen LogP contribution in [0.5, 0.6) is 0 Å². The number of aryl methyl sites for hydroxylation is 3. The van der Waals surface area contributed by atoms with Crippen molar-refractivity contribution in [1.29, 1.82) is 0 Å². The van der Waals surface area contributed by atoms with Gasteiger partial charge in [-0.1, -0.05) is 30.5 Å². The number of rotatable bonds is 4. The van der Waals surface area contributed by atoms with Gasteiger partial charge in [0.05, 0.1) is 0 Å². The van der Waals surface area contributed by atoms with E-state index in [1.54, 1.807) is 5.56 Å². The topological polar surface area (TPSA) is 12.0 Å². The Morgan fingerprint density at radius 2 is 1.61 bits per heavy atom. The van der Waals surface area contributed by atoms with Gasteiger partial charge in [0, 0.05) is 6.54 Å². The molecular weight excluding hydrogens is 218 g/mol. The molecule has 0 saturated heterocycles. The molecule has 0 unspecified atom stereocenters. The van der Waals surface area contributed by atoms with Crippen LogP contribution in [0.25, 0.3) is 0 Å². The molecule has 1 heteroatoms. The third kappa shape index (κ3) is 2.77. The predicted octanol–water partition coefficient (Wildman–Crippen LogP) is 3.93. The van der Waals surface area contributed by atoms with Crippen molar-refractivity contribution in [2.75, 3.05) is 13.6 Å². The highest BCUT2D eigenvalue weighted by atomic mass is 14.8. The summed E-state index contributed by atoms with van der Waals surface area (Å²) in [4.78, 5) is 0. The predicted molar refractivity (Wildman–Crippen MR) is 79.2 cm³/mol. The van der Waals surface area contributed by atoms with E-state index < -0.39 is 0 Å². The smallest absolute Gasteiger partial charge is 0.000800 e. The largest absolute Gasteiger partial charge is 0.319 e. The molecule has 0 spiro atoms. The lowest BCUT2D eigenvalue weighted by Gasteiger charge is -2.30. The van der Waals surface area contributed by atoms with Crippen LogP contribution in [0.1, 0.15) is 47.9 Å². The molecule has 100 valence electrons. The summed E-state index contributed by atoms with van der Waals surface area (Å²) in [6.45, 7) is 7.91. The van der Waals surface area contributed by atoms with Gasteiger partial charge in [-0.05, 0) is 69.2 Å². The van der Waals surface area contributed by atoms with E-state index in [1.807, 2.05) is 0 Å². The highest BCUT2D eigenvalue weighted by Crippen LogP contribution is 2.41. The van der Waals surface area contributed by atoms with Crippen LogP contribution in [-0.4, -0.2) is 13.6 Å². The molecule has 0 atom stereocenters. The zero-order valence-corrected chi connectivity index (χ0v) is 12.4. The summed E-state index contributed by atoms with van der Waals surface area (Å²) in [6, 6.07) is 4.68. The molecule has 1 nitrogen and oxygen atoms in total. The monoisotopic (exact) mass is 245 g/mol. The van der Waals surface area contributed by atoms with Gasteiger partial charge in [0.2, 0.25) is 0 Å². The minimum absolute atomic E-state index is 0.513. The summed E-state index contributed by atoms with van der Waals surface area (Å²) in [5, 5.41) is 3.42. The van der Waals surface area contributed by atoms with E-state index in [4.69, 9.17) is 0 Å². The molecule has 18 heavy (non-hydrogen) atoms. The lowest BCUT2D eigenvalue weighted by atomic mass is 9.77. The zero-order chi connectivity index (χ0) is 13.2. The van der Waals surface area contributed by atoms with Crippen molar-refractivity contribution in [3.63, 3.8) is 0 Å². The van der Waals surface area contributed by atoms with Crippen molar-refractivity contribution in [1.82, 2.24) is 5.32 Å². The van der Waals surface area contributed by atoms with Crippen LogP contribution in [-0.2, 0) is 6.42 Å². The fraction of sp³-hybridized carbons (Fsp3) is 0.647. The average Bonchev–Trinajstić information content (AvgIpc) is 2.73. The van der Waals surface area contributed by atoms with Gasteiger partial charge in [-0.25, -0.2) is 0 Å². The molecule has 0 amide bonds. The molecule has 1 fully saturated rings. The lowest BCUT2D eigenvalue weighted by molar-refractivity contribution is 0.285. The summed E-state index contributed by atoms with van der Waals surface area (Å²) in [7, 11) is 2.09. The standard InChI is InChI=1S/C17H27N/c1-13-9-14(2)16(15(3)10-13)11-17(12-18-4)7-5-6-8-17/h9-10,18H,5-8,11-12H2,1-4H3. The maximum atomic E-state index is 3.42. The van der Waals surface area contributed by atoms with Crippen LogP contribution in [0.2, 0.25) is 0 Å². The molecule has 2 rings (SSSR count). The fourth-order valence-electron chi connectivity index (χ4n) is 3.78. The third-order valence-corrected chi connectivity index (χ3v) is 4.61. The maximum absolute atomic E-state index is 3.42. The SMILES string of the molecule is CNCC1(Cc2c(C)cc(C)cc2C)CCCC1. The molecule has 1 aliphatic carbocycles. The van der Waals surface area contributed by atoms with Crippen molar-refractivity contribution >= 4 is 0 Å². The second kappa shape index (κ2) is 5.44. The van der Waals surface area contributed by atoms with Crippen molar-refractivity contribution < 1.29 is 0 Å². The van der Waals surface area contributed by atoms with Gasteiger partial charge in [-0.15, -0.1) is 0 Å². The second-order valence-corrected chi connectivity index (χ2v) is 6.29. The van der Waals surface area contributed by atoms with Crippen LogP contribution in [0.15, 0.2) is 12.1 Å². The normalized spacial score (nSPS) is 18.2. The van der Waals surface area contributed by atoms with E-state index in [2.05, 4.69) is 45.3 Å². The average molecular weight is 245 g/mol. The minimum Gasteiger partial charge on any atom is -0.319 e. The summed E-state index contributed by atoms with van der Waals surface area (Å²) in [5.74, 6) is 0. The Morgan fingerprint density at radius 3 is 2.11 bits per heavy atom. The molecule has 1 saturated carbocycles. The van der Waals surface area contributed by atoms with Crippen molar-refractivity contribution in [2.45, 2.75) is 52.9 Å². The van der Waals surface area contributed by atoms with E-state index in [0.29, 0.717) is 5.41 Å². The van der Waals surface area contributed by atoms with Gasteiger partial charge in [-0.3, -0.25) is 0 Å². The Labute approximate surface area is 112 Å². The molecule has 1 aromatic carbocycles. The van der Waals surface area contributed by atoms with E-state index in [9.17, 15) is 0 Å². The molecule has 0 aliphatic heterocycles. The first-order valence-electron chi connectivity index (χ1n) is 7.28. The Morgan fingerprint density at radius 1 is 1.06 bits per heavy atom. The lowest BCUT2D eigenvalue weighted by Crippen LogP contribution is -2.32. The van der Waals surface area contributed by atoms with Crippen molar-refractivity contribution in [3.8, 4) is 0 Å². The molecular formula is C17H27N. The Hall–Kier alpha value is -0.820. The fourth-order valence-corrected chi connectivity index (χ4v) is 3.78. The van der Waals surface area contributed by atoms with E-state index >= 15 is 0 Å². The van der Waals surface area contributed by atoms with E-state index in [-0.39, 0.29) is 0 Å². The molecule has 0 heterocycles. The minimum atomic E-state index is 0.513. The van der Waals surface area contributed by atoms with Gasteiger partial charge >= 0.3 is 0 Å².